The van der Waals surface area contributed by atoms with Crippen molar-refractivity contribution in [2.75, 3.05) is 13.2 Å². The molecule has 3 unspecified atom stereocenters. The van der Waals surface area contributed by atoms with Gasteiger partial charge in [0.15, 0.2) is 0 Å². The Bertz CT molecular complexity index is 393. The summed E-state index contributed by atoms with van der Waals surface area (Å²) in [5.74, 6) is -0.0887. The number of alkyl carbamates (subject to hydrolysis) is 1. The Balaban J connectivity index is 2.31. The Morgan fingerprint density at radius 3 is 2.57 bits per heavy atom. The van der Waals surface area contributed by atoms with Gasteiger partial charge in [-0.25, -0.2) is 4.79 Å². The summed E-state index contributed by atoms with van der Waals surface area (Å²) in [5.41, 5.74) is -0.493. The average molecular weight is 328 g/mol. The number of carbonyl (C=O) groups is 2. The predicted octanol–water partition coefficient (Wildman–Crippen LogP) is 2.61. The number of hydrogen-bond acceptors (Lipinski definition) is 5. The summed E-state index contributed by atoms with van der Waals surface area (Å²) in [5, 5.41) is 6.25. The molecule has 6 nitrogen and oxygen atoms in total. The summed E-state index contributed by atoms with van der Waals surface area (Å²) < 4.78 is 10.4. The largest absolute Gasteiger partial charge is 0.466 e. The van der Waals surface area contributed by atoms with Gasteiger partial charge in [-0.15, -0.1) is 0 Å². The molecule has 0 heterocycles. The minimum atomic E-state index is -0.493. The van der Waals surface area contributed by atoms with Gasteiger partial charge < -0.3 is 20.1 Å². The van der Waals surface area contributed by atoms with Crippen molar-refractivity contribution in [2.24, 2.45) is 5.92 Å². The molecule has 2 N–H and O–H groups in total. The standard InChI is InChI=1S/C17H32N2O4/c1-6-22-15(20)13-8-7-9-14(10-13)18-11-12(2)19-16(21)23-17(3,4)5/h12-14,18H,6-11H2,1-5H3,(H,19,21). The highest BCUT2D eigenvalue weighted by molar-refractivity contribution is 5.72. The maximum absolute atomic E-state index is 11.8. The van der Waals surface area contributed by atoms with Crippen LogP contribution < -0.4 is 10.6 Å². The molecule has 1 fully saturated rings. The van der Waals surface area contributed by atoms with E-state index in [-0.39, 0.29) is 17.9 Å². The number of nitrogens with one attached hydrogen (secondary N) is 2. The van der Waals surface area contributed by atoms with Crippen molar-refractivity contribution in [1.29, 1.82) is 0 Å². The van der Waals surface area contributed by atoms with E-state index in [1.807, 2.05) is 34.6 Å². The molecule has 0 bridgehead atoms. The van der Waals surface area contributed by atoms with Gasteiger partial charge in [0.05, 0.1) is 12.5 Å². The zero-order valence-electron chi connectivity index (χ0n) is 15.1. The van der Waals surface area contributed by atoms with Crippen LogP contribution in [-0.4, -0.2) is 42.9 Å². The second-order valence-corrected chi connectivity index (χ2v) is 7.27. The van der Waals surface area contributed by atoms with Crippen molar-refractivity contribution in [3.8, 4) is 0 Å². The first-order valence-electron chi connectivity index (χ1n) is 8.60. The van der Waals surface area contributed by atoms with Crippen molar-refractivity contribution in [2.45, 2.75) is 78.0 Å². The summed E-state index contributed by atoms with van der Waals surface area (Å²) in [7, 11) is 0. The van der Waals surface area contributed by atoms with E-state index in [2.05, 4.69) is 10.6 Å². The molecule has 1 saturated carbocycles. The predicted molar refractivity (Wildman–Crippen MR) is 89.2 cm³/mol. The van der Waals surface area contributed by atoms with Crippen LogP contribution in [-0.2, 0) is 14.3 Å². The zero-order valence-corrected chi connectivity index (χ0v) is 15.1. The molecule has 0 aromatic heterocycles. The van der Waals surface area contributed by atoms with Crippen LogP contribution in [0.25, 0.3) is 0 Å². The quantitative estimate of drug-likeness (QED) is 0.733. The number of hydrogen-bond donors (Lipinski definition) is 2. The summed E-state index contributed by atoms with van der Waals surface area (Å²) in [6.45, 7) is 10.4. The number of rotatable bonds is 6. The van der Waals surface area contributed by atoms with Crippen LogP contribution in [0, 0.1) is 5.92 Å². The Kier molecular flexibility index (Phi) is 7.82. The van der Waals surface area contributed by atoms with Crippen molar-refractivity contribution < 1.29 is 19.1 Å². The van der Waals surface area contributed by atoms with E-state index in [9.17, 15) is 9.59 Å². The summed E-state index contributed by atoms with van der Waals surface area (Å²) in [6.07, 6.45) is 3.38. The van der Waals surface area contributed by atoms with E-state index in [0.29, 0.717) is 19.2 Å². The van der Waals surface area contributed by atoms with E-state index in [1.165, 1.54) is 0 Å². The molecule has 0 aliphatic heterocycles. The Hall–Kier alpha value is -1.30. The molecule has 134 valence electrons. The van der Waals surface area contributed by atoms with Crippen LogP contribution >= 0.6 is 0 Å². The van der Waals surface area contributed by atoms with Gasteiger partial charge in [-0.05, 0) is 53.9 Å². The highest BCUT2D eigenvalue weighted by Crippen LogP contribution is 2.25. The van der Waals surface area contributed by atoms with Gasteiger partial charge in [0.2, 0.25) is 0 Å². The van der Waals surface area contributed by atoms with Crippen LogP contribution in [0.3, 0.4) is 0 Å². The first-order valence-corrected chi connectivity index (χ1v) is 8.60. The van der Waals surface area contributed by atoms with Crippen LogP contribution in [0.4, 0.5) is 4.79 Å². The van der Waals surface area contributed by atoms with Crippen molar-refractivity contribution in [1.82, 2.24) is 10.6 Å². The van der Waals surface area contributed by atoms with Crippen LogP contribution in [0.1, 0.15) is 60.3 Å². The fourth-order valence-corrected chi connectivity index (χ4v) is 2.75. The maximum Gasteiger partial charge on any atom is 0.407 e. The summed E-state index contributed by atoms with van der Waals surface area (Å²) >= 11 is 0. The second kappa shape index (κ2) is 9.11. The fourth-order valence-electron chi connectivity index (χ4n) is 2.75. The normalized spacial score (nSPS) is 23.0. The molecule has 23 heavy (non-hydrogen) atoms. The van der Waals surface area contributed by atoms with Crippen molar-refractivity contribution in [3.63, 3.8) is 0 Å². The molecule has 1 amide bonds. The fraction of sp³-hybridized carbons (Fsp3) is 0.882. The topological polar surface area (TPSA) is 76.7 Å². The van der Waals surface area contributed by atoms with Gasteiger partial charge in [-0.1, -0.05) is 6.42 Å². The third kappa shape index (κ3) is 8.21. The minimum Gasteiger partial charge on any atom is -0.466 e. The maximum atomic E-state index is 11.8. The SMILES string of the molecule is CCOC(=O)C1CCCC(NCC(C)NC(=O)OC(C)(C)C)C1. The molecule has 1 aliphatic rings. The third-order valence-electron chi connectivity index (χ3n) is 3.77. The van der Waals surface area contributed by atoms with Crippen molar-refractivity contribution >= 4 is 12.1 Å². The van der Waals surface area contributed by atoms with Gasteiger partial charge in [-0.2, -0.15) is 0 Å². The Morgan fingerprint density at radius 1 is 1.26 bits per heavy atom. The lowest BCUT2D eigenvalue weighted by molar-refractivity contribution is -0.149. The molecule has 0 aromatic rings. The third-order valence-corrected chi connectivity index (χ3v) is 3.77. The van der Waals surface area contributed by atoms with Crippen LogP contribution in [0.15, 0.2) is 0 Å². The molecular formula is C17H32N2O4. The molecular weight excluding hydrogens is 296 g/mol. The van der Waals surface area contributed by atoms with Crippen LogP contribution in [0.2, 0.25) is 0 Å². The monoisotopic (exact) mass is 328 g/mol. The van der Waals surface area contributed by atoms with E-state index >= 15 is 0 Å². The Labute approximate surface area is 139 Å². The molecule has 3 atom stereocenters. The Morgan fingerprint density at radius 2 is 1.96 bits per heavy atom. The molecule has 0 saturated heterocycles. The average Bonchev–Trinajstić information content (AvgIpc) is 2.43. The molecule has 0 spiro atoms. The van der Waals surface area contributed by atoms with E-state index in [4.69, 9.17) is 9.47 Å². The van der Waals surface area contributed by atoms with Gasteiger partial charge >= 0.3 is 12.1 Å². The summed E-state index contributed by atoms with van der Waals surface area (Å²) in [4.78, 5) is 23.5. The molecule has 1 aliphatic carbocycles. The number of esters is 1. The van der Waals surface area contributed by atoms with Crippen LogP contribution in [0.5, 0.6) is 0 Å². The number of carbonyl (C=O) groups excluding carboxylic acids is 2. The number of amides is 1. The molecule has 6 heteroatoms. The second-order valence-electron chi connectivity index (χ2n) is 7.27. The molecule has 1 rings (SSSR count). The zero-order chi connectivity index (χ0) is 17.5. The lowest BCUT2D eigenvalue weighted by Gasteiger charge is -2.29. The van der Waals surface area contributed by atoms with E-state index in [0.717, 1.165) is 25.7 Å². The smallest absolute Gasteiger partial charge is 0.407 e. The lowest BCUT2D eigenvalue weighted by atomic mass is 9.85. The minimum absolute atomic E-state index is 0.00433. The van der Waals surface area contributed by atoms with Gasteiger partial charge in [0.25, 0.3) is 0 Å². The highest BCUT2D eigenvalue weighted by Gasteiger charge is 2.28. The molecule has 0 radical (unpaired) electrons. The van der Waals surface area contributed by atoms with Gasteiger partial charge in [0.1, 0.15) is 5.60 Å². The van der Waals surface area contributed by atoms with E-state index in [1.54, 1.807) is 0 Å². The van der Waals surface area contributed by atoms with Gasteiger partial charge in [-0.3, -0.25) is 4.79 Å². The first kappa shape index (κ1) is 19.7. The lowest BCUT2D eigenvalue weighted by Crippen LogP contribution is -2.46. The number of ether oxygens (including phenoxy) is 2. The van der Waals surface area contributed by atoms with E-state index < -0.39 is 11.7 Å². The first-order chi connectivity index (χ1) is 10.7. The summed E-state index contributed by atoms with van der Waals surface area (Å²) in [6, 6.07) is 0.258. The molecule has 0 aromatic carbocycles. The van der Waals surface area contributed by atoms with Gasteiger partial charge in [0, 0.05) is 18.6 Å². The highest BCUT2D eigenvalue weighted by atomic mass is 16.6. The van der Waals surface area contributed by atoms with Crippen molar-refractivity contribution in [3.05, 3.63) is 0 Å².